The van der Waals surface area contributed by atoms with Crippen LogP contribution >= 0.6 is 0 Å². The molecule has 0 N–H and O–H groups in total. The summed E-state index contributed by atoms with van der Waals surface area (Å²) >= 11 is 0. The van der Waals surface area contributed by atoms with E-state index in [0.717, 1.165) is 53.5 Å². The number of likely N-dealkylation sites (N-methyl/N-ethyl adjacent to an activating group) is 1. The van der Waals surface area contributed by atoms with Gasteiger partial charge >= 0.3 is 0 Å². The molecule has 0 amide bonds. The molecule has 2 aromatic heterocycles. The molecule has 2 aromatic carbocycles. The second kappa shape index (κ2) is 7.50. The molecule has 6 nitrogen and oxygen atoms in total. The minimum Gasteiger partial charge on any atom is -0.355 e. The number of halogens is 1. The quantitative estimate of drug-likeness (QED) is 0.505. The van der Waals surface area contributed by atoms with Crippen molar-refractivity contribution in [3.63, 3.8) is 0 Å². The van der Waals surface area contributed by atoms with E-state index in [-0.39, 0.29) is 11.4 Å². The fourth-order valence-corrected chi connectivity index (χ4v) is 4.12. The zero-order valence-electron chi connectivity index (χ0n) is 17.4. The predicted octanol–water partition coefficient (Wildman–Crippen LogP) is 4.05. The summed E-state index contributed by atoms with van der Waals surface area (Å²) in [5, 5.41) is 9.58. The van der Waals surface area contributed by atoms with E-state index in [2.05, 4.69) is 11.8 Å². The van der Waals surface area contributed by atoms with Crippen LogP contribution in [0.2, 0.25) is 0 Å². The van der Waals surface area contributed by atoms with Crippen molar-refractivity contribution >= 4 is 5.82 Å². The largest absolute Gasteiger partial charge is 0.355 e. The van der Waals surface area contributed by atoms with E-state index in [9.17, 15) is 9.18 Å². The maximum absolute atomic E-state index is 13.5. The van der Waals surface area contributed by atoms with Gasteiger partial charge in [0, 0.05) is 24.7 Å². The smallest absolute Gasteiger partial charge is 0.271 e. The SMILES string of the molecule is CCN1CCn2nc(-c3ccc(F)cc3)c(-c3ccc(=O)n(-c4ccccc4C)n3)c21. The van der Waals surface area contributed by atoms with Crippen LogP contribution in [0.1, 0.15) is 12.5 Å². The average Bonchev–Trinajstić information content (AvgIpc) is 3.34. The summed E-state index contributed by atoms with van der Waals surface area (Å²) in [4.78, 5) is 14.9. The highest BCUT2D eigenvalue weighted by Crippen LogP contribution is 2.40. The topological polar surface area (TPSA) is 56.0 Å². The van der Waals surface area contributed by atoms with E-state index in [1.807, 2.05) is 35.9 Å². The molecule has 5 rings (SSSR count). The summed E-state index contributed by atoms with van der Waals surface area (Å²) in [5.41, 5.74) is 4.56. The van der Waals surface area contributed by atoms with Gasteiger partial charge in [0.2, 0.25) is 0 Å². The summed E-state index contributed by atoms with van der Waals surface area (Å²) in [6.07, 6.45) is 0. The van der Waals surface area contributed by atoms with Crippen LogP contribution in [0.3, 0.4) is 0 Å². The molecule has 0 saturated carbocycles. The summed E-state index contributed by atoms with van der Waals surface area (Å²) in [6, 6.07) is 17.3. The monoisotopic (exact) mass is 415 g/mol. The van der Waals surface area contributed by atoms with Gasteiger partial charge in [-0.2, -0.15) is 14.9 Å². The van der Waals surface area contributed by atoms with Crippen molar-refractivity contribution in [2.24, 2.45) is 0 Å². The van der Waals surface area contributed by atoms with Gasteiger partial charge in [0.1, 0.15) is 17.3 Å². The van der Waals surface area contributed by atoms with Crippen LogP contribution in [0.25, 0.3) is 28.2 Å². The molecular formula is C24H22FN5O. The Morgan fingerprint density at radius 1 is 0.968 bits per heavy atom. The van der Waals surface area contributed by atoms with E-state index in [0.29, 0.717) is 5.69 Å². The molecule has 0 atom stereocenters. The molecule has 0 bridgehead atoms. The Hall–Kier alpha value is -3.74. The molecule has 1 aliphatic rings. The standard InChI is InChI=1S/C24H22FN5O/c1-3-28-14-15-29-24(28)22(23(27-29)17-8-10-18(25)11-9-17)19-12-13-21(31)30(26-19)20-7-5-4-6-16(20)2/h4-13H,3,14-15H2,1-2H3. The van der Waals surface area contributed by atoms with E-state index in [1.54, 1.807) is 24.3 Å². The highest BCUT2D eigenvalue weighted by Gasteiger charge is 2.29. The number of hydrogen-bond donors (Lipinski definition) is 0. The number of para-hydroxylation sites is 1. The number of anilines is 1. The lowest BCUT2D eigenvalue weighted by Crippen LogP contribution is -2.22. The molecule has 7 heteroatoms. The Labute approximate surface area is 179 Å². The average molecular weight is 415 g/mol. The first-order valence-corrected chi connectivity index (χ1v) is 10.3. The van der Waals surface area contributed by atoms with E-state index >= 15 is 0 Å². The Morgan fingerprint density at radius 3 is 2.48 bits per heavy atom. The zero-order valence-corrected chi connectivity index (χ0v) is 17.4. The maximum Gasteiger partial charge on any atom is 0.271 e. The minimum atomic E-state index is -0.293. The zero-order chi connectivity index (χ0) is 21.5. The van der Waals surface area contributed by atoms with Gasteiger partial charge in [-0.25, -0.2) is 9.07 Å². The van der Waals surface area contributed by atoms with Crippen molar-refractivity contribution in [2.75, 3.05) is 18.0 Å². The molecule has 3 heterocycles. The molecule has 0 unspecified atom stereocenters. The van der Waals surface area contributed by atoms with Gasteiger partial charge < -0.3 is 4.90 Å². The van der Waals surface area contributed by atoms with Gasteiger partial charge in [-0.15, -0.1) is 0 Å². The number of aryl methyl sites for hydroxylation is 1. The molecule has 4 aromatic rings. The van der Waals surface area contributed by atoms with Gasteiger partial charge in [0.05, 0.1) is 23.5 Å². The highest BCUT2D eigenvalue weighted by atomic mass is 19.1. The van der Waals surface area contributed by atoms with E-state index < -0.39 is 0 Å². The molecule has 0 aliphatic carbocycles. The van der Waals surface area contributed by atoms with Crippen molar-refractivity contribution in [2.45, 2.75) is 20.4 Å². The second-order valence-electron chi connectivity index (χ2n) is 7.61. The van der Waals surface area contributed by atoms with Crippen LogP contribution in [-0.2, 0) is 6.54 Å². The fraction of sp³-hybridized carbons (Fsp3) is 0.208. The van der Waals surface area contributed by atoms with Crippen LogP contribution in [-0.4, -0.2) is 32.7 Å². The lowest BCUT2D eigenvalue weighted by atomic mass is 10.0. The third kappa shape index (κ3) is 3.22. The number of nitrogens with zero attached hydrogens (tertiary/aromatic N) is 5. The number of aromatic nitrogens is 4. The number of rotatable bonds is 4. The number of hydrogen-bond acceptors (Lipinski definition) is 4. The third-order valence-corrected chi connectivity index (χ3v) is 5.71. The Balaban J connectivity index is 1.75. The second-order valence-corrected chi connectivity index (χ2v) is 7.61. The van der Waals surface area contributed by atoms with E-state index in [1.165, 1.54) is 16.8 Å². The van der Waals surface area contributed by atoms with Crippen LogP contribution in [0.5, 0.6) is 0 Å². The van der Waals surface area contributed by atoms with Gasteiger partial charge in [-0.05, 0) is 55.8 Å². The summed E-state index contributed by atoms with van der Waals surface area (Å²) in [6.45, 7) is 6.53. The molecule has 0 spiro atoms. The first-order valence-electron chi connectivity index (χ1n) is 10.3. The van der Waals surface area contributed by atoms with Gasteiger partial charge in [-0.3, -0.25) is 4.79 Å². The lowest BCUT2D eigenvalue weighted by molar-refractivity contribution is 0.628. The number of benzene rings is 2. The maximum atomic E-state index is 13.5. The van der Waals surface area contributed by atoms with E-state index in [4.69, 9.17) is 10.2 Å². The summed E-state index contributed by atoms with van der Waals surface area (Å²) in [5.74, 6) is 0.683. The first-order chi connectivity index (χ1) is 15.1. The Kier molecular flexibility index (Phi) is 4.66. The van der Waals surface area contributed by atoms with Crippen molar-refractivity contribution in [1.29, 1.82) is 0 Å². The van der Waals surface area contributed by atoms with Gasteiger partial charge in [0.25, 0.3) is 5.56 Å². The molecule has 31 heavy (non-hydrogen) atoms. The Bertz CT molecular complexity index is 1320. The molecule has 0 fully saturated rings. The highest BCUT2D eigenvalue weighted by molar-refractivity contribution is 5.88. The Morgan fingerprint density at radius 2 is 1.74 bits per heavy atom. The predicted molar refractivity (Wildman–Crippen MR) is 119 cm³/mol. The molecule has 0 radical (unpaired) electrons. The van der Waals surface area contributed by atoms with Crippen molar-refractivity contribution in [3.8, 4) is 28.2 Å². The molecule has 0 saturated heterocycles. The van der Waals surface area contributed by atoms with Crippen LogP contribution in [0.15, 0.2) is 65.5 Å². The van der Waals surface area contributed by atoms with Gasteiger partial charge in [-0.1, -0.05) is 18.2 Å². The molecule has 156 valence electrons. The van der Waals surface area contributed by atoms with Crippen molar-refractivity contribution in [1.82, 2.24) is 19.6 Å². The van der Waals surface area contributed by atoms with Gasteiger partial charge in [0.15, 0.2) is 0 Å². The first kappa shape index (κ1) is 19.2. The minimum absolute atomic E-state index is 0.197. The van der Waals surface area contributed by atoms with Crippen molar-refractivity contribution in [3.05, 3.63) is 82.4 Å². The lowest BCUT2D eigenvalue weighted by Gasteiger charge is -2.17. The van der Waals surface area contributed by atoms with Crippen LogP contribution < -0.4 is 10.5 Å². The normalized spacial score (nSPS) is 12.9. The molecular weight excluding hydrogens is 393 g/mol. The van der Waals surface area contributed by atoms with Crippen LogP contribution in [0.4, 0.5) is 10.2 Å². The third-order valence-electron chi connectivity index (χ3n) is 5.71. The fourth-order valence-electron chi connectivity index (χ4n) is 4.12. The summed E-state index contributed by atoms with van der Waals surface area (Å²) < 4.78 is 17.0. The number of fused-ring (bicyclic) bond motifs is 1. The summed E-state index contributed by atoms with van der Waals surface area (Å²) in [7, 11) is 0. The molecule has 1 aliphatic heterocycles. The van der Waals surface area contributed by atoms with Crippen molar-refractivity contribution < 1.29 is 4.39 Å². The van der Waals surface area contributed by atoms with Crippen LogP contribution in [0, 0.1) is 12.7 Å².